The quantitative estimate of drug-likeness (QED) is 0.677. The molecule has 0 aliphatic rings. The molecule has 2 aromatic rings. The molecule has 0 heterocycles. The zero-order valence-electron chi connectivity index (χ0n) is 10.8. The van der Waals surface area contributed by atoms with Crippen molar-refractivity contribution < 1.29 is 9.66 Å². The Bertz CT molecular complexity index is 659. The third-order valence-electron chi connectivity index (χ3n) is 2.83. The van der Waals surface area contributed by atoms with Gasteiger partial charge in [0.2, 0.25) is 0 Å². The number of rotatable bonds is 4. The minimum absolute atomic E-state index is 0.0290. The maximum atomic E-state index is 10.9. The minimum Gasteiger partial charge on any atom is -0.456 e. The van der Waals surface area contributed by atoms with E-state index in [1.807, 2.05) is 25.1 Å². The molecule has 0 aromatic heterocycles. The van der Waals surface area contributed by atoms with Gasteiger partial charge in [-0.2, -0.15) is 0 Å². The van der Waals surface area contributed by atoms with Crippen LogP contribution in [0.5, 0.6) is 11.5 Å². The SMILES string of the molecule is Cc1cc(CN)ccc1Oc1cccc([N+](=O)[O-])c1Br. The molecule has 0 aliphatic heterocycles. The predicted octanol–water partition coefficient (Wildman–Crippen LogP) is 3.92. The number of ether oxygens (including phenoxy) is 1. The van der Waals surface area contributed by atoms with Gasteiger partial charge in [0, 0.05) is 12.6 Å². The number of nitro groups is 1. The van der Waals surface area contributed by atoms with Crippen LogP contribution in [0.4, 0.5) is 5.69 Å². The lowest BCUT2D eigenvalue weighted by molar-refractivity contribution is -0.385. The lowest BCUT2D eigenvalue weighted by atomic mass is 10.1. The van der Waals surface area contributed by atoms with Gasteiger partial charge >= 0.3 is 0 Å². The first-order valence-electron chi connectivity index (χ1n) is 5.93. The van der Waals surface area contributed by atoms with Crippen molar-refractivity contribution in [2.45, 2.75) is 13.5 Å². The molecule has 104 valence electrons. The van der Waals surface area contributed by atoms with Crippen molar-refractivity contribution in [3.63, 3.8) is 0 Å². The summed E-state index contributed by atoms with van der Waals surface area (Å²) in [5.41, 5.74) is 7.48. The van der Waals surface area contributed by atoms with E-state index in [9.17, 15) is 10.1 Å². The van der Waals surface area contributed by atoms with Crippen molar-refractivity contribution in [2.24, 2.45) is 5.73 Å². The molecule has 0 radical (unpaired) electrons. The minimum atomic E-state index is -0.457. The van der Waals surface area contributed by atoms with Crippen molar-refractivity contribution in [3.8, 4) is 11.5 Å². The second-order valence-corrected chi connectivity index (χ2v) is 5.05. The smallest absolute Gasteiger partial charge is 0.287 e. The highest BCUT2D eigenvalue weighted by Gasteiger charge is 2.16. The fraction of sp³-hybridized carbons (Fsp3) is 0.143. The summed E-state index contributed by atoms with van der Waals surface area (Å²) >= 11 is 3.21. The topological polar surface area (TPSA) is 78.4 Å². The van der Waals surface area contributed by atoms with Crippen molar-refractivity contribution >= 4 is 21.6 Å². The van der Waals surface area contributed by atoms with Gasteiger partial charge in [-0.15, -0.1) is 0 Å². The van der Waals surface area contributed by atoms with Gasteiger partial charge < -0.3 is 10.5 Å². The van der Waals surface area contributed by atoms with E-state index in [2.05, 4.69) is 15.9 Å². The van der Waals surface area contributed by atoms with E-state index >= 15 is 0 Å². The highest BCUT2D eigenvalue weighted by atomic mass is 79.9. The Hall–Kier alpha value is -1.92. The van der Waals surface area contributed by atoms with Crippen molar-refractivity contribution in [1.82, 2.24) is 0 Å². The van der Waals surface area contributed by atoms with Gasteiger partial charge in [-0.05, 0) is 46.1 Å². The summed E-state index contributed by atoms with van der Waals surface area (Å²) in [5, 5.41) is 10.9. The van der Waals surface area contributed by atoms with Crippen LogP contribution in [-0.2, 0) is 6.54 Å². The number of aryl methyl sites for hydroxylation is 1. The average Bonchev–Trinajstić information content (AvgIpc) is 2.42. The second-order valence-electron chi connectivity index (χ2n) is 4.25. The van der Waals surface area contributed by atoms with Gasteiger partial charge in [0.25, 0.3) is 5.69 Å². The van der Waals surface area contributed by atoms with Crippen LogP contribution in [0.3, 0.4) is 0 Å². The highest BCUT2D eigenvalue weighted by Crippen LogP contribution is 2.37. The van der Waals surface area contributed by atoms with E-state index in [4.69, 9.17) is 10.5 Å². The number of hydrogen-bond donors (Lipinski definition) is 1. The molecule has 0 fully saturated rings. The number of halogens is 1. The number of hydrogen-bond acceptors (Lipinski definition) is 4. The van der Waals surface area contributed by atoms with Gasteiger partial charge in [0.15, 0.2) is 0 Å². The molecule has 0 saturated heterocycles. The van der Waals surface area contributed by atoms with Gasteiger partial charge in [-0.25, -0.2) is 0 Å². The van der Waals surface area contributed by atoms with Crippen LogP contribution in [-0.4, -0.2) is 4.92 Å². The van der Waals surface area contributed by atoms with Crippen LogP contribution < -0.4 is 10.5 Å². The molecule has 5 nitrogen and oxygen atoms in total. The molecule has 0 saturated carbocycles. The van der Waals surface area contributed by atoms with E-state index in [1.54, 1.807) is 12.1 Å². The highest BCUT2D eigenvalue weighted by molar-refractivity contribution is 9.10. The summed E-state index contributed by atoms with van der Waals surface area (Å²) in [6.45, 7) is 2.36. The van der Waals surface area contributed by atoms with E-state index < -0.39 is 4.92 Å². The Balaban J connectivity index is 2.35. The van der Waals surface area contributed by atoms with Crippen molar-refractivity contribution in [2.75, 3.05) is 0 Å². The van der Waals surface area contributed by atoms with E-state index in [1.165, 1.54) is 6.07 Å². The van der Waals surface area contributed by atoms with Gasteiger partial charge in [-0.1, -0.05) is 18.2 Å². The number of benzene rings is 2. The van der Waals surface area contributed by atoms with Gasteiger partial charge in [0.05, 0.1) is 4.92 Å². The van der Waals surface area contributed by atoms with Crippen LogP contribution in [0.1, 0.15) is 11.1 Å². The Morgan fingerprint density at radius 3 is 2.65 bits per heavy atom. The lowest BCUT2D eigenvalue weighted by Crippen LogP contribution is -1.98. The lowest BCUT2D eigenvalue weighted by Gasteiger charge is -2.11. The molecule has 0 amide bonds. The summed E-state index contributed by atoms with van der Waals surface area (Å²) in [6.07, 6.45) is 0. The molecule has 6 heteroatoms. The summed E-state index contributed by atoms with van der Waals surface area (Å²) in [5.74, 6) is 1.05. The van der Waals surface area contributed by atoms with Crippen LogP contribution in [0, 0.1) is 17.0 Å². The molecule has 20 heavy (non-hydrogen) atoms. The van der Waals surface area contributed by atoms with Crippen LogP contribution in [0.2, 0.25) is 0 Å². The maximum absolute atomic E-state index is 10.9. The largest absolute Gasteiger partial charge is 0.456 e. The predicted molar refractivity (Wildman–Crippen MR) is 79.9 cm³/mol. The summed E-state index contributed by atoms with van der Waals surface area (Å²) < 4.78 is 6.06. The number of nitrogens with zero attached hydrogens (tertiary/aromatic N) is 1. The zero-order chi connectivity index (χ0) is 14.7. The van der Waals surface area contributed by atoms with Gasteiger partial charge in [-0.3, -0.25) is 10.1 Å². The number of nitrogens with two attached hydrogens (primary N) is 1. The fourth-order valence-electron chi connectivity index (χ4n) is 1.79. The molecule has 2 N–H and O–H groups in total. The molecule has 0 atom stereocenters. The maximum Gasteiger partial charge on any atom is 0.287 e. The van der Waals surface area contributed by atoms with Crippen molar-refractivity contribution in [1.29, 1.82) is 0 Å². The molecular weight excluding hydrogens is 324 g/mol. The molecular formula is C14H13BrN2O3. The van der Waals surface area contributed by atoms with Crippen LogP contribution in [0.25, 0.3) is 0 Å². The first-order valence-corrected chi connectivity index (χ1v) is 6.72. The molecule has 2 aromatic carbocycles. The average molecular weight is 337 g/mol. The summed E-state index contributed by atoms with van der Waals surface area (Å²) in [6, 6.07) is 10.3. The van der Waals surface area contributed by atoms with E-state index in [0.29, 0.717) is 22.5 Å². The number of nitro benzene ring substituents is 1. The standard InChI is InChI=1S/C14H13BrN2O3/c1-9-7-10(8-16)5-6-12(9)20-13-4-2-3-11(14(13)15)17(18)19/h2-7H,8,16H2,1H3. The second kappa shape index (κ2) is 6.02. The first-order chi connectivity index (χ1) is 9.52. The van der Waals surface area contributed by atoms with E-state index in [-0.39, 0.29) is 5.69 Å². The van der Waals surface area contributed by atoms with Crippen LogP contribution >= 0.6 is 15.9 Å². The van der Waals surface area contributed by atoms with Crippen LogP contribution in [0.15, 0.2) is 40.9 Å². The zero-order valence-corrected chi connectivity index (χ0v) is 12.4. The fourth-order valence-corrected chi connectivity index (χ4v) is 2.28. The molecule has 0 spiro atoms. The third kappa shape index (κ3) is 2.97. The monoisotopic (exact) mass is 336 g/mol. The third-order valence-corrected chi connectivity index (χ3v) is 3.63. The molecule has 0 unspecified atom stereocenters. The summed E-state index contributed by atoms with van der Waals surface area (Å²) in [4.78, 5) is 10.4. The Morgan fingerprint density at radius 1 is 1.30 bits per heavy atom. The van der Waals surface area contributed by atoms with E-state index in [0.717, 1.165) is 11.1 Å². The Kier molecular flexibility index (Phi) is 4.36. The Labute approximate surface area is 124 Å². The molecule has 2 rings (SSSR count). The normalized spacial score (nSPS) is 10.3. The molecule has 0 bridgehead atoms. The molecule has 0 aliphatic carbocycles. The first kappa shape index (κ1) is 14.5. The summed E-state index contributed by atoms with van der Waals surface area (Å²) in [7, 11) is 0. The van der Waals surface area contributed by atoms with Crippen molar-refractivity contribution in [3.05, 3.63) is 62.1 Å². The Morgan fingerprint density at radius 2 is 2.05 bits per heavy atom. The van der Waals surface area contributed by atoms with Gasteiger partial charge in [0.1, 0.15) is 16.0 Å².